The van der Waals surface area contributed by atoms with Crippen molar-refractivity contribution >= 4 is 33.4 Å². The number of carbonyl (C=O) groups is 1. The zero-order chi connectivity index (χ0) is 21.4. The summed E-state index contributed by atoms with van der Waals surface area (Å²) in [6.07, 6.45) is 4.99. The number of hydrogen-bond acceptors (Lipinski definition) is 7. The Morgan fingerprint density at radius 1 is 1.10 bits per heavy atom. The molecule has 1 amide bonds. The summed E-state index contributed by atoms with van der Waals surface area (Å²) in [7, 11) is 0. The summed E-state index contributed by atoms with van der Waals surface area (Å²) in [5.74, 6) is 0.0874. The number of amides is 1. The van der Waals surface area contributed by atoms with Gasteiger partial charge in [0.15, 0.2) is 5.82 Å². The second kappa shape index (κ2) is 8.33. The van der Waals surface area contributed by atoms with Crippen LogP contribution in [0.2, 0.25) is 0 Å². The maximum atomic E-state index is 13.8. The number of ether oxygens (including phenoxy) is 1. The molecular weight excluding hydrogens is 424 g/mol. The molecule has 1 saturated heterocycles. The summed E-state index contributed by atoms with van der Waals surface area (Å²) in [6.45, 7) is 1.41. The predicted molar refractivity (Wildman–Crippen MR) is 112 cm³/mol. The zero-order valence-electron chi connectivity index (χ0n) is 16.6. The number of nitrogens with one attached hydrogen (secondary N) is 1. The Bertz CT molecular complexity index is 1080. The zero-order valence-corrected chi connectivity index (χ0v) is 17.4. The van der Waals surface area contributed by atoms with Gasteiger partial charge in [0.25, 0.3) is 0 Å². The second-order valence-electron chi connectivity index (χ2n) is 7.98. The highest BCUT2D eigenvalue weighted by atomic mass is 32.1. The minimum absolute atomic E-state index is 0.0365. The number of aromatic nitrogens is 3. The van der Waals surface area contributed by atoms with Gasteiger partial charge in [-0.3, -0.25) is 4.79 Å². The predicted octanol–water partition coefficient (Wildman–Crippen LogP) is 3.31. The van der Waals surface area contributed by atoms with E-state index < -0.39 is 5.82 Å². The van der Waals surface area contributed by atoms with Gasteiger partial charge in [0, 0.05) is 31.1 Å². The van der Waals surface area contributed by atoms with Crippen molar-refractivity contribution in [1.29, 1.82) is 0 Å². The molecule has 5 rings (SSSR count). The summed E-state index contributed by atoms with van der Waals surface area (Å²) < 4.78 is 33.4. The van der Waals surface area contributed by atoms with E-state index in [0.717, 1.165) is 29.9 Å². The van der Waals surface area contributed by atoms with Crippen LogP contribution in [0.5, 0.6) is 5.75 Å². The number of piperidine rings is 1. The van der Waals surface area contributed by atoms with Crippen molar-refractivity contribution in [3.63, 3.8) is 0 Å². The average molecular weight is 445 g/mol. The lowest BCUT2D eigenvalue weighted by Crippen LogP contribution is -2.50. The summed E-state index contributed by atoms with van der Waals surface area (Å²) in [5.41, 5.74) is 2.33. The lowest BCUT2D eigenvalue weighted by Gasteiger charge is -2.37. The molecule has 0 bridgehead atoms. The highest BCUT2D eigenvalue weighted by molar-refractivity contribution is 7.16. The third kappa shape index (κ3) is 4.30. The van der Waals surface area contributed by atoms with Crippen LogP contribution in [-0.4, -0.2) is 46.1 Å². The Balaban J connectivity index is 1.09. The SMILES string of the molecule is O=C(NC1CCN(c2ncc(F)cn2)CC1)C1CC(Oc2cc(F)cc3scnc23)C1. The first-order valence-corrected chi connectivity index (χ1v) is 11.2. The number of nitrogens with zero attached hydrogens (tertiary/aromatic N) is 4. The topological polar surface area (TPSA) is 80.2 Å². The molecule has 1 aromatic carbocycles. The number of rotatable bonds is 5. The molecule has 1 aliphatic carbocycles. The molecule has 1 saturated carbocycles. The van der Waals surface area contributed by atoms with Crippen molar-refractivity contribution in [3.05, 3.63) is 41.7 Å². The minimum Gasteiger partial charge on any atom is -0.488 e. The Hall–Kier alpha value is -2.88. The Morgan fingerprint density at radius 2 is 1.84 bits per heavy atom. The van der Waals surface area contributed by atoms with Crippen LogP contribution in [0, 0.1) is 17.6 Å². The first kappa shape index (κ1) is 20.0. The quantitative estimate of drug-likeness (QED) is 0.649. The highest BCUT2D eigenvalue weighted by Gasteiger charge is 2.37. The smallest absolute Gasteiger partial charge is 0.225 e. The van der Waals surface area contributed by atoms with E-state index in [1.807, 2.05) is 4.90 Å². The fraction of sp³-hybridized carbons (Fsp3) is 0.429. The van der Waals surface area contributed by atoms with Gasteiger partial charge in [-0.2, -0.15) is 0 Å². The third-order valence-corrected chi connectivity index (χ3v) is 6.63. The molecular formula is C21H21F2N5O2S. The number of halogens is 2. The number of fused-ring (bicyclic) bond motifs is 1. The van der Waals surface area contributed by atoms with Gasteiger partial charge in [0.1, 0.15) is 23.2 Å². The van der Waals surface area contributed by atoms with Crippen LogP contribution in [-0.2, 0) is 4.79 Å². The largest absolute Gasteiger partial charge is 0.488 e. The minimum atomic E-state index is -0.456. The molecule has 0 spiro atoms. The van der Waals surface area contributed by atoms with E-state index in [9.17, 15) is 13.6 Å². The Kier molecular flexibility index (Phi) is 5.39. The maximum Gasteiger partial charge on any atom is 0.225 e. The number of benzene rings is 1. The molecule has 31 heavy (non-hydrogen) atoms. The number of thiazole rings is 1. The first-order valence-electron chi connectivity index (χ1n) is 10.3. The van der Waals surface area contributed by atoms with Crippen molar-refractivity contribution in [1.82, 2.24) is 20.3 Å². The molecule has 2 aromatic heterocycles. The summed E-state index contributed by atoms with van der Waals surface area (Å²) in [5, 5.41) is 3.13. The number of hydrogen-bond donors (Lipinski definition) is 1. The molecule has 0 unspecified atom stereocenters. The Labute approximate surface area is 181 Å². The monoisotopic (exact) mass is 445 g/mol. The molecule has 0 radical (unpaired) electrons. The summed E-state index contributed by atoms with van der Waals surface area (Å²) in [6, 6.07) is 2.90. The molecule has 2 aliphatic rings. The van der Waals surface area contributed by atoms with E-state index in [0.29, 0.717) is 43.1 Å². The van der Waals surface area contributed by atoms with Crippen LogP contribution < -0.4 is 15.0 Å². The fourth-order valence-electron chi connectivity index (χ4n) is 4.06. The molecule has 7 nitrogen and oxygen atoms in total. The van der Waals surface area contributed by atoms with Gasteiger partial charge in [-0.05, 0) is 31.7 Å². The average Bonchev–Trinajstić information content (AvgIpc) is 3.20. The van der Waals surface area contributed by atoms with Crippen molar-refractivity contribution in [2.45, 2.75) is 37.8 Å². The van der Waals surface area contributed by atoms with Gasteiger partial charge >= 0.3 is 0 Å². The van der Waals surface area contributed by atoms with Crippen molar-refractivity contribution in [2.75, 3.05) is 18.0 Å². The molecule has 10 heteroatoms. The molecule has 3 heterocycles. The lowest BCUT2D eigenvalue weighted by molar-refractivity contribution is -0.131. The number of carbonyl (C=O) groups excluding carboxylic acids is 1. The standard InChI is InChI=1S/C21H21F2N5O2S/c22-13-7-17(19-18(8-13)31-11-26-19)30-16-5-12(6-16)20(29)27-15-1-3-28(4-2-15)21-24-9-14(23)10-25-21/h7-12,15-16H,1-6H2,(H,27,29). The lowest BCUT2D eigenvalue weighted by atomic mass is 9.81. The van der Waals surface area contributed by atoms with Gasteiger partial charge in [-0.15, -0.1) is 11.3 Å². The first-order chi connectivity index (χ1) is 15.0. The normalized spacial score (nSPS) is 21.7. The van der Waals surface area contributed by atoms with Gasteiger partial charge in [-0.1, -0.05) is 0 Å². The molecule has 3 aromatic rings. The van der Waals surface area contributed by atoms with E-state index in [1.54, 1.807) is 5.51 Å². The molecule has 0 atom stereocenters. The van der Waals surface area contributed by atoms with E-state index in [1.165, 1.54) is 23.5 Å². The summed E-state index contributed by atoms with van der Waals surface area (Å²) in [4.78, 5) is 26.9. The molecule has 1 aliphatic heterocycles. The highest BCUT2D eigenvalue weighted by Crippen LogP contribution is 2.35. The molecule has 2 fully saturated rings. The maximum absolute atomic E-state index is 13.8. The van der Waals surface area contributed by atoms with Crippen LogP contribution in [0.15, 0.2) is 30.0 Å². The van der Waals surface area contributed by atoms with Gasteiger partial charge < -0.3 is 15.0 Å². The fourth-order valence-corrected chi connectivity index (χ4v) is 4.78. The van der Waals surface area contributed by atoms with Crippen LogP contribution >= 0.6 is 11.3 Å². The van der Waals surface area contributed by atoms with Crippen LogP contribution in [0.4, 0.5) is 14.7 Å². The molecule has 162 valence electrons. The van der Waals surface area contributed by atoms with Gasteiger partial charge in [0.05, 0.1) is 22.6 Å². The third-order valence-electron chi connectivity index (χ3n) is 5.86. The molecule has 1 N–H and O–H groups in total. The van der Waals surface area contributed by atoms with E-state index in [-0.39, 0.29) is 29.8 Å². The van der Waals surface area contributed by atoms with Crippen LogP contribution in [0.1, 0.15) is 25.7 Å². The van der Waals surface area contributed by atoms with E-state index in [2.05, 4.69) is 20.3 Å². The van der Waals surface area contributed by atoms with Crippen molar-refractivity contribution in [3.8, 4) is 5.75 Å². The second-order valence-corrected chi connectivity index (χ2v) is 8.87. The van der Waals surface area contributed by atoms with E-state index in [4.69, 9.17) is 4.74 Å². The van der Waals surface area contributed by atoms with Gasteiger partial charge in [-0.25, -0.2) is 23.7 Å². The summed E-state index contributed by atoms with van der Waals surface area (Å²) >= 11 is 1.37. The van der Waals surface area contributed by atoms with Gasteiger partial charge in [0.2, 0.25) is 11.9 Å². The van der Waals surface area contributed by atoms with Crippen LogP contribution in [0.25, 0.3) is 10.2 Å². The van der Waals surface area contributed by atoms with Crippen LogP contribution in [0.3, 0.4) is 0 Å². The van der Waals surface area contributed by atoms with Crippen molar-refractivity contribution < 1.29 is 18.3 Å². The van der Waals surface area contributed by atoms with E-state index >= 15 is 0 Å². The van der Waals surface area contributed by atoms with Crippen molar-refractivity contribution in [2.24, 2.45) is 5.92 Å². The number of anilines is 1. The Morgan fingerprint density at radius 3 is 2.58 bits per heavy atom.